The van der Waals surface area contributed by atoms with E-state index in [1.165, 1.54) is 4.90 Å². The summed E-state index contributed by atoms with van der Waals surface area (Å²) in [5.74, 6) is -4.27. The Hall–Kier alpha value is -3.58. The molecular formula is C24H31N5O7S. The average molecular weight is 534 g/mol. The normalized spacial score (nSPS) is 17.7. The van der Waals surface area contributed by atoms with Gasteiger partial charge in [-0.2, -0.15) is 12.6 Å². The Bertz CT molecular complexity index is 1170. The number of thiol groups is 1. The van der Waals surface area contributed by atoms with Gasteiger partial charge in [0.15, 0.2) is 0 Å². The molecule has 2 heterocycles. The molecule has 1 aromatic carbocycles. The number of carbonyl (C=O) groups excluding carboxylic acids is 3. The number of fused-ring (bicyclic) bond motifs is 1. The van der Waals surface area contributed by atoms with Gasteiger partial charge < -0.3 is 36.5 Å². The molecule has 4 unspecified atom stereocenters. The van der Waals surface area contributed by atoms with Crippen molar-refractivity contribution in [2.75, 3.05) is 12.3 Å². The molecule has 3 rings (SSSR count). The summed E-state index contributed by atoms with van der Waals surface area (Å²) < 4.78 is 0. The first-order valence-corrected chi connectivity index (χ1v) is 12.5. The molecule has 0 bridgehead atoms. The highest BCUT2D eigenvalue weighted by Gasteiger charge is 2.39. The Morgan fingerprint density at radius 2 is 1.86 bits per heavy atom. The zero-order valence-electron chi connectivity index (χ0n) is 20.1. The number of carboxylic acids is 2. The van der Waals surface area contributed by atoms with Gasteiger partial charge in [0.2, 0.25) is 17.7 Å². The fraction of sp³-hybridized carbons (Fsp3) is 0.458. The molecule has 0 saturated carbocycles. The Morgan fingerprint density at radius 1 is 1.14 bits per heavy atom. The van der Waals surface area contributed by atoms with Gasteiger partial charge in [-0.05, 0) is 30.9 Å². The fourth-order valence-corrected chi connectivity index (χ4v) is 4.54. The molecule has 1 aromatic heterocycles. The van der Waals surface area contributed by atoms with Crippen LogP contribution in [0, 0.1) is 0 Å². The standard InChI is InChI=1S/C24H31N5O7S/c25-15(12-37)21(32)27-17(7-8-20(30)31)23(34)29-9-3-6-19(29)22(33)28-18(24(35)36)10-13-11-26-16-5-2-1-4-14(13)16/h1-2,4-5,11,15,17-19,26,37H,3,6-10,12,25H2,(H,27,32)(H,28,33)(H,30,31)(H,35,36). The van der Waals surface area contributed by atoms with E-state index in [2.05, 4.69) is 28.2 Å². The number of nitrogens with one attached hydrogen (secondary N) is 3. The third-order valence-electron chi connectivity index (χ3n) is 6.35. The Labute approximate surface area is 218 Å². The van der Waals surface area contributed by atoms with E-state index >= 15 is 0 Å². The SMILES string of the molecule is NC(CS)C(=O)NC(CCC(=O)O)C(=O)N1CCCC1C(=O)NC(Cc1c[nH]c2ccccc12)C(=O)O. The summed E-state index contributed by atoms with van der Waals surface area (Å²) >= 11 is 3.96. The van der Waals surface area contributed by atoms with Gasteiger partial charge in [0.1, 0.15) is 18.1 Å². The molecule has 1 fully saturated rings. The number of aromatic amines is 1. The van der Waals surface area contributed by atoms with Crippen molar-refractivity contribution in [3.63, 3.8) is 0 Å². The molecule has 0 aliphatic carbocycles. The van der Waals surface area contributed by atoms with Gasteiger partial charge in [-0.1, -0.05) is 18.2 Å². The summed E-state index contributed by atoms with van der Waals surface area (Å²) in [4.78, 5) is 66.1. The Morgan fingerprint density at radius 3 is 2.54 bits per heavy atom. The minimum absolute atomic E-state index is 0.0213. The molecule has 1 aliphatic heterocycles. The number of H-pyrrole nitrogens is 1. The van der Waals surface area contributed by atoms with Gasteiger partial charge in [0.25, 0.3) is 0 Å². The lowest BCUT2D eigenvalue weighted by molar-refractivity contribution is -0.145. The number of rotatable bonds is 12. The van der Waals surface area contributed by atoms with E-state index in [4.69, 9.17) is 10.8 Å². The zero-order valence-corrected chi connectivity index (χ0v) is 20.9. The third kappa shape index (κ3) is 7.01. The molecule has 12 nitrogen and oxygen atoms in total. The van der Waals surface area contributed by atoms with Gasteiger partial charge in [-0.3, -0.25) is 19.2 Å². The number of amides is 3. The number of aliphatic carboxylic acids is 2. The van der Waals surface area contributed by atoms with Crippen LogP contribution >= 0.6 is 12.6 Å². The number of hydrogen-bond donors (Lipinski definition) is 7. The van der Waals surface area contributed by atoms with Crippen LogP contribution in [0.1, 0.15) is 31.2 Å². The van der Waals surface area contributed by atoms with Gasteiger partial charge >= 0.3 is 11.9 Å². The molecule has 2 aromatic rings. The number of carbonyl (C=O) groups is 5. The maximum atomic E-state index is 13.3. The molecule has 1 saturated heterocycles. The zero-order chi connectivity index (χ0) is 27.1. The first kappa shape index (κ1) is 28.0. The highest BCUT2D eigenvalue weighted by molar-refractivity contribution is 7.80. The molecule has 13 heteroatoms. The smallest absolute Gasteiger partial charge is 0.326 e. The molecule has 4 atom stereocenters. The second-order valence-electron chi connectivity index (χ2n) is 8.94. The third-order valence-corrected chi connectivity index (χ3v) is 6.74. The van der Waals surface area contributed by atoms with Crippen molar-refractivity contribution in [3.05, 3.63) is 36.0 Å². The lowest BCUT2D eigenvalue weighted by Crippen LogP contribution is -2.57. The van der Waals surface area contributed by atoms with Crippen LogP contribution in [0.3, 0.4) is 0 Å². The van der Waals surface area contributed by atoms with E-state index in [9.17, 15) is 29.1 Å². The highest BCUT2D eigenvalue weighted by atomic mass is 32.1. The second-order valence-corrected chi connectivity index (χ2v) is 9.30. The quantitative estimate of drug-likeness (QED) is 0.183. The summed E-state index contributed by atoms with van der Waals surface area (Å²) in [6.45, 7) is 0.204. The van der Waals surface area contributed by atoms with Crippen LogP contribution in [0.4, 0.5) is 0 Å². The van der Waals surface area contributed by atoms with Crippen LogP contribution in [0.5, 0.6) is 0 Å². The number of aromatic nitrogens is 1. The van der Waals surface area contributed by atoms with Crippen molar-refractivity contribution in [1.29, 1.82) is 0 Å². The van der Waals surface area contributed by atoms with Crippen LogP contribution in [-0.4, -0.2) is 86.2 Å². The van der Waals surface area contributed by atoms with Gasteiger partial charge in [0.05, 0.1) is 6.04 Å². The van der Waals surface area contributed by atoms with Gasteiger partial charge in [-0.15, -0.1) is 0 Å². The predicted octanol–water partition coefficient (Wildman–Crippen LogP) is -0.122. The summed E-state index contributed by atoms with van der Waals surface area (Å²) in [5.41, 5.74) is 7.23. The minimum Gasteiger partial charge on any atom is -0.481 e. The summed E-state index contributed by atoms with van der Waals surface area (Å²) in [6.07, 6.45) is 1.94. The van der Waals surface area contributed by atoms with E-state index < -0.39 is 53.8 Å². The Kier molecular flexibility index (Phi) is 9.53. The number of benzene rings is 1. The number of likely N-dealkylation sites (tertiary alicyclic amines) is 1. The molecule has 37 heavy (non-hydrogen) atoms. The first-order valence-electron chi connectivity index (χ1n) is 11.9. The number of para-hydroxylation sites is 1. The number of nitrogens with two attached hydrogens (primary N) is 1. The maximum Gasteiger partial charge on any atom is 0.326 e. The minimum atomic E-state index is -1.24. The monoisotopic (exact) mass is 533 g/mol. The van der Waals surface area contributed by atoms with Crippen molar-refractivity contribution in [3.8, 4) is 0 Å². The number of nitrogens with zero attached hydrogens (tertiary/aromatic N) is 1. The molecule has 3 amide bonds. The van der Waals surface area contributed by atoms with Crippen LogP contribution in [0.15, 0.2) is 30.5 Å². The fourth-order valence-electron chi connectivity index (χ4n) is 4.38. The van der Waals surface area contributed by atoms with Crippen molar-refractivity contribution in [2.24, 2.45) is 5.73 Å². The summed E-state index contributed by atoms with van der Waals surface area (Å²) in [7, 11) is 0. The van der Waals surface area contributed by atoms with E-state index in [1.54, 1.807) is 6.20 Å². The van der Waals surface area contributed by atoms with E-state index in [0.717, 1.165) is 16.5 Å². The van der Waals surface area contributed by atoms with E-state index in [-0.39, 0.29) is 31.6 Å². The van der Waals surface area contributed by atoms with Crippen molar-refractivity contribution < 1.29 is 34.2 Å². The molecule has 0 radical (unpaired) electrons. The summed E-state index contributed by atoms with van der Waals surface area (Å²) in [6, 6.07) is 3.00. The molecular weight excluding hydrogens is 502 g/mol. The predicted molar refractivity (Wildman–Crippen MR) is 137 cm³/mol. The summed E-state index contributed by atoms with van der Waals surface area (Å²) in [5, 5.41) is 24.7. The van der Waals surface area contributed by atoms with Gasteiger partial charge in [-0.25, -0.2) is 4.79 Å². The molecule has 1 aliphatic rings. The molecule has 0 spiro atoms. The maximum absolute atomic E-state index is 13.3. The van der Waals surface area contributed by atoms with Crippen LogP contribution in [0.2, 0.25) is 0 Å². The molecule has 7 N–H and O–H groups in total. The van der Waals surface area contributed by atoms with Crippen LogP contribution < -0.4 is 16.4 Å². The first-order chi connectivity index (χ1) is 17.6. The number of carboxylic acid groups (broad SMARTS) is 2. The highest BCUT2D eigenvalue weighted by Crippen LogP contribution is 2.22. The van der Waals surface area contributed by atoms with Crippen molar-refractivity contribution in [1.82, 2.24) is 20.5 Å². The lowest BCUT2D eigenvalue weighted by atomic mass is 10.0. The largest absolute Gasteiger partial charge is 0.481 e. The average Bonchev–Trinajstić information content (AvgIpc) is 3.52. The van der Waals surface area contributed by atoms with Crippen molar-refractivity contribution >= 4 is 53.2 Å². The van der Waals surface area contributed by atoms with Crippen molar-refractivity contribution in [2.45, 2.75) is 56.3 Å². The lowest BCUT2D eigenvalue weighted by Gasteiger charge is -2.29. The topological polar surface area (TPSA) is 195 Å². The number of hydrogen-bond acceptors (Lipinski definition) is 7. The van der Waals surface area contributed by atoms with E-state index in [1.807, 2.05) is 24.3 Å². The Balaban J connectivity index is 1.73. The van der Waals surface area contributed by atoms with Crippen LogP contribution in [-0.2, 0) is 30.4 Å². The second kappa shape index (κ2) is 12.6. The molecule has 200 valence electrons. The van der Waals surface area contributed by atoms with E-state index in [0.29, 0.717) is 12.8 Å². The van der Waals surface area contributed by atoms with Gasteiger partial charge in [0, 0.05) is 42.2 Å². The van der Waals surface area contributed by atoms with Crippen LogP contribution in [0.25, 0.3) is 10.9 Å².